The highest BCUT2D eigenvalue weighted by Crippen LogP contribution is 2.34. The lowest BCUT2D eigenvalue weighted by molar-refractivity contribution is 0.000919. The van der Waals surface area contributed by atoms with Crippen molar-refractivity contribution >= 4 is 0 Å². The lowest BCUT2D eigenvalue weighted by Crippen LogP contribution is -2.52. The van der Waals surface area contributed by atoms with E-state index in [1.165, 1.54) is 0 Å². The topological polar surface area (TPSA) is 26.7 Å². The number of likely N-dealkylation sites (N-methyl/N-ethyl adjacent to an activating group) is 1. The van der Waals surface area contributed by atoms with Crippen molar-refractivity contribution in [3.05, 3.63) is 35.9 Å². The van der Waals surface area contributed by atoms with Crippen LogP contribution in [0.25, 0.3) is 0 Å². The fourth-order valence-corrected chi connectivity index (χ4v) is 3.02. The second-order valence-electron chi connectivity index (χ2n) is 6.87. The van der Waals surface area contributed by atoms with Crippen LogP contribution in [0.2, 0.25) is 0 Å². The molecule has 0 radical (unpaired) electrons. The Balaban J connectivity index is 2.00. The molecule has 1 N–H and O–H groups in total. The molecule has 0 aliphatic carbocycles. The summed E-state index contributed by atoms with van der Waals surface area (Å²) in [5, 5.41) is 10.7. The van der Waals surface area contributed by atoms with Gasteiger partial charge in [0.05, 0.1) is 6.10 Å². The van der Waals surface area contributed by atoms with Crippen molar-refractivity contribution in [3.8, 4) is 0 Å². The Hall–Kier alpha value is -0.900. The van der Waals surface area contributed by atoms with Crippen molar-refractivity contribution < 1.29 is 5.11 Å². The summed E-state index contributed by atoms with van der Waals surface area (Å²) in [6, 6.07) is 10.6. The molecule has 0 aromatic heterocycles. The monoisotopic (exact) mass is 276 g/mol. The second-order valence-corrected chi connectivity index (χ2v) is 6.87. The molecule has 112 valence electrons. The highest BCUT2D eigenvalue weighted by Gasteiger charge is 2.33. The fraction of sp³-hybridized carbons (Fsp3) is 0.647. The summed E-state index contributed by atoms with van der Waals surface area (Å²) in [5.74, 6) is 0. The summed E-state index contributed by atoms with van der Waals surface area (Å²) in [6.07, 6.45) is -0.418. The van der Waals surface area contributed by atoms with Crippen molar-refractivity contribution in [3.63, 3.8) is 0 Å². The number of rotatable bonds is 4. The van der Waals surface area contributed by atoms with E-state index in [1.54, 1.807) is 0 Å². The maximum absolute atomic E-state index is 10.7. The van der Waals surface area contributed by atoms with Crippen LogP contribution in [0.4, 0.5) is 0 Å². The molecular weight excluding hydrogens is 248 g/mol. The molecule has 0 spiro atoms. The average Bonchev–Trinajstić information content (AvgIpc) is 2.43. The zero-order valence-corrected chi connectivity index (χ0v) is 13.2. The van der Waals surface area contributed by atoms with E-state index in [4.69, 9.17) is 0 Å². The van der Waals surface area contributed by atoms with Gasteiger partial charge in [-0.15, -0.1) is 0 Å². The molecule has 1 saturated heterocycles. The van der Waals surface area contributed by atoms with Gasteiger partial charge in [0, 0.05) is 37.6 Å². The van der Waals surface area contributed by atoms with E-state index in [2.05, 4.69) is 37.6 Å². The highest BCUT2D eigenvalue weighted by atomic mass is 16.3. The van der Waals surface area contributed by atoms with Crippen LogP contribution in [-0.2, 0) is 0 Å². The largest absolute Gasteiger partial charge is 0.388 e. The van der Waals surface area contributed by atoms with Crippen LogP contribution in [0.3, 0.4) is 0 Å². The first-order valence-corrected chi connectivity index (χ1v) is 7.56. The lowest BCUT2D eigenvalue weighted by Gasteiger charge is -2.42. The number of hydrogen-bond donors (Lipinski definition) is 1. The van der Waals surface area contributed by atoms with Crippen LogP contribution in [0.5, 0.6) is 0 Å². The zero-order chi connectivity index (χ0) is 14.8. The van der Waals surface area contributed by atoms with Gasteiger partial charge in [-0.3, -0.25) is 4.90 Å². The van der Waals surface area contributed by atoms with Gasteiger partial charge in [-0.1, -0.05) is 44.2 Å². The Morgan fingerprint density at radius 1 is 1.25 bits per heavy atom. The first-order valence-electron chi connectivity index (χ1n) is 7.56. The number of hydrogen-bond acceptors (Lipinski definition) is 3. The Labute approximate surface area is 123 Å². The standard InChI is InChI=1S/C17H28N2O/c1-14-12-19(11-10-18(14)4)13-17(2,3)16(20)15-8-6-5-7-9-15/h5-9,14,16,20H,10-13H2,1-4H3. The number of benzene rings is 1. The number of aliphatic hydroxyl groups is 1. The van der Waals surface area contributed by atoms with Crippen molar-refractivity contribution in [2.45, 2.75) is 32.9 Å². The molecule has 2 rings (SSSR count). The second kappa shape index (κ2) is 6.25. The van der Waals surface area contributed by atoms with E-state index in [0.717, 1.165) is 31.7 Å². The van der Waals surface area contributed by atoms with E-state index >= 15 is 0 Å². The summed E-state index contributed by atoms with van der Waals surface area (Å²) < 4.78 is 0. The molecule has 1 aromatic rings. The highest BCUT2D eigenvalue weighted by molar-refractivity contribution is 5.19. The van der Waals surface area contributed by atoms with Crippen LogP contribution in [0.1, 0.15) is 32.4 Å². The lowest BCUT2D eigenvalue weighted by atomic mass is 9.82. The van der Waals surface area contributed by atoms with Gasteiger partial charge in [-0.05, 0) is 19.5 Å². The van der Waals surface area contributed by atoms with Crippen LogP contribution < -0.4 is 0 Å². The first-order chi connectivity index (χ1) is 9.40. The molecule has 1 aliphatic heterocycles. The minimum atomic E-state index is -0.418. The maximum Gasteiger partial charge on any atom is 0.0853 e. The Kier molecular flexibility index (Phi) is 4.84. The third kappa shape index (κ3) is 3.60. The zero-order valence-electron chi connectivity index (χ0n) is 13.2. The van der Waals surface area contributed by atoms with Gasteiger partial charge in [0.15, 0.2) is 0 Å². The Bertz CT molecular complexity index is 418. The maximum atomic E-state index is 10.7. The summed E-state index contributed by atoms with van der Waals surface area (Å²) in [7, 11) is 2.19. The number of aliphatic hydroxyl groups excluding tert-OH is 1. The van der Waals surface area contributed by atoms with E-state index in [-0.39, 0.29) is 5.41 Å². The Morgan fingerprint density at radius 2 is 1.90 bits per heavy atom. The van der Waals surface area contributed by atoms with Gasteiger partial charge in [0.25, 0.3) is 0 Å². The molecule has 2 atom stereocenters. The smallest absolute Gasteiger partial charge is 0.0853 e. The van der Waals surface area contributed by atoms with Crippen LogP contribution in [0, 0.1) is 5.41 Å². The quantitative estimate of drug-likeness (QED) is 0.914. The predicted octanol–water partition coefficient (Wildman–Crippen LogP) is 2.38. The van der Waals surface area contributed by atoms with Crippen molar-refractivity contribution in [2.75, 3.05) is 33.2 Å². The molecule has 2 unspecified atom stereocenters. The molecule has 3 heteroatoms. The van der Waals surface area contributed by atoms with Gasteiger partial charge < -0.3 is 10.0 Å². The van der Waals surface area contributed by atoms with Crippen LogP contribution in [-0.4, -0.2) is 54.2 Å². The third-order valence-corrected chi connectivity index (χ3v) is 4.53. The summed E-state index contributed by atoms with van der Waals surface area (Å²) in [5.41, 5.74) is 0.872. The van der Waals surface area contributed by atoms with Crippen LogP contribution in [0.15, 0.2) is 30.3 Å². The van der Waals surface area contributed by atoms with Gasteiger partial charge in [0.2, 0.25) is 0 Å². The number of piperazine rings is 1. The fourth-order valence-electron chi connectivity index (χ4n) is 3.02. The number of nitrogens with zero attached hydrogens (tertiary/aromatic N) is 2. The molecule has 1 aliphatic rings. The van der Waals surface area contributed by atoms with E-state index in [0.29, 0.717) is 6.04 Å². The Morgan fingerprint density at radius 3 is 2.50 bits per heavy atom. The molecule has 3 nitrogen and oxygen atoms in total. The molecule has 0 bridgehead atoms. The van der Waals surface area contributed by atoms with Crippen LogP contribution >= 0.6 is 0 Å². The van der Waals surface area contributed by atoms with Crippen molar-refractivity contribution in [1.82, 2.24) is 9.80 Å². The predicted molar refractivity (Wildman–Crippen MR) is 83.7 cm³/mol. The third-order valence-electron chi connectivity index (χ3n) is 4.53. The molecular formula is C17H28N2O. The molecule has 1 heterocycles. The van der Waals surface area contributed by atoms with E-state index < -0.39 is 6.10 Å². The van der Waals surface area contributed by atoms with Gasteiger partial charge in [-0.2, -0.15) is 0 Å². The first kappa shape index (κ1) is 15.5. The minimum Gasteiger partial charge on any atom is -0.388 e. The molecule has 1 fully saturated rings. The van der Waals surface area contributed by atoms with E-state index in [9.17, 15) is 5.11 Å². The normalized spacial score (nSPS) is 23.8. The molecule has 20 heavy (non-hydrogen) atoms. The summed E-state index contributed by atoms with van der Waals surface area (Å²) in [4.78, 5) is 4.88. The van der Waals surface area contributed by atoms with Gasteiger partial charge in [-0.25, -0.2) is 0 Å². The van der Waals surface area contributed by atoms with Crippen molar-refractivity contribution in [1.29, 1.82) is 0 Å². The van der Waals surface area contributed by atoms with Crippen molar-refractivity contribution in [2.24, 2.45) is 5.41 Å². The summed E-state index contributed by atoms with van der Waals surface area (Å²) in [6.45, 7) is 10.8. The van der Waals surface area contributed by atoms with Gasteiger partial charge >= 0.3 is 0 Å². The average molecular weight is 276 g/mol. The molecule has 0 saturated carbocycles. The summed E-state index contributed by atoms with van der Waals surface area (Å²) >= 11 is 0. The van der Waals surface area contributed by atoms with Gasteiger partial charge in [0.1, 0.15) is 0 Å². The molecule has 1 aromatic carbocycles. The molecule has 0 amide bonds. The van der Waals surface area contributed by atoms with E-state index in [1.807, 2.05) is 30.3 Å². The SMILES string of the molecule is CC1CN(CC(C)(C)C(O)c2ccccc2)CCN1C. The minimum absolute atomic E-state index is 0.142.